The van der Waals surface area contributed by atoms with Crippen LogP contribution in [-0.4, -0.2) is 75.5 Å². The first-order chi connectivity index (χ1) is 20.4. The van der Waals surface area contributed by atoms with Gasteiger partial charge in [0.2, 0.25) is 0 Å². The topological polar surface area (TPSA) is 124 Å². The highest BCUT2D eigenvalue weighted by Crippen LogP contribution is 2.40. The summed E-state index contributed by atoms with van der Waals surface area (Å²) >= 11 is 0. The van der Waals surface area contributed by atoms with Gasteiger partial charge in [0.25, 0.3) is 5.91 Å². The maximum Gasteiger partial charge on any atom is 0.254 e. The molecule has 8 rings (SSSR count). The number of fused-ring (bicyclic) bond motifs is 4. The van der Waals surface area contributed by atoms with Crippen molar-refractivity contribution >= 4 is 28.0 Å². The fraction of sp³-hybridized carbons (Fsp3) is 0.516. The molecule has 1 aromatic carbocycles. The fourth-order valence-corrected chi connectivity index (χ4v) is 7.50. The quantitative estimate of drug-likeness (QED) is 0.310. The summed E-state index contributed by atoms with van der Waals surface area (Å²) in [6, 6.07) is 10.4. The van der Waals surface area contributed by atoms with Crippen molar-refractivity contribution in [2.75, 3.05) is 27.3 Å². The standard InChI is InChI=1S/C31H38N8O3/c1-37-27-22(10-19(12-25(27)41-2)31(40)39-15-18-7-9-23(39)26(18)32)35-29(37)24-11-17-6-8-21(20-13-33-36-30(20)42-3)34-28(17)38(24)14-16-4-5-16/h6,8,10-12,16,18,20,23,26,30,33,36H,4-5,7,9,13-15,32H2,1-3H3/t18?,20?,23?,26-,30?/m1/s1. The van der Waals surface area contributed by atoms with Gasteiger partial charge in [-0.1, -0.05) is 0 Å². The number of nitrogens with zero attached hydrogens (tertiary/aromatic N) is 5. The Morgan fingerprint density at radius 3 is 2.69 bits per heavy atom. The molecule has 4 unspecified atom stereocenters. The molecule has 11 heteroatoms. The minimum absolute atomic E-state index is 0.00915. The van der Waals surface area contributed by atoms with Crippen molar-refractivity contribution in [3.05, 3.63) is 41.6 Å². The van der Waals surface area contributed by atoms with Crippen LogP contribution < -0.4 is 21.3 Å². The summed E-state index contributed by atoms with van der Waals surface area (Å²) in [6.07, 6.45) is 4.41. The van der Waals surface area contributed by atoms with Gasteiger partial charge in [0.15, 0.2) is 5.82 Å². The normalized spacial score (nSPS) is 27.1. The van der Waals surface area contributed by atoms with E-state index in [0.717, 1.165) is 71.8 Å². The number of aromatic nitrogens is 4. The third-order valence-corrected chi connectivity index (χ3v) is 10.0. The van der Waals surface area contributed by atoms with Gasteiger partial charge in [0, 0.05) is 56.8 Å². The van der Waals surface area contributed by atoms with Crippen LogP contribution in [0.2, 0.25) is 0 Å². The van der Waals surface area contributed by atoms with Gasteiger partial charge in [-0.05, 0) is 67.9 Å². The molecule has 2 saturated carbocycles. The number of imidazole rings is 1. The number of piperidine rings is 1. The largest absolute Gasteiger partial charge is 0.494 e. The third-order valence-electron chi connectivity index (χ3n) is 10.0. The summed E-state index contributed by atoms with van der Waals surface area (Å²) in [5.41, 5.74) is 18.0. The highest BCUT2D eigenvalue weighted by Gasteiger charge is 2.47. The number of hydrogen-bond donors (Lipinski definition) is 3. The van der Waals surface area contributed by atoms with Crippen molar-refractivity contribution in [2.24, 2.45) is 24.6 Å². The molecule has 4 aliphatic rings. The Morgan fingerprint density at radius 2 is 1.98 bits per heavy atom. The van der Waals surface area contributed by atoms with Gasteiger partial charge in [-0.25, -0.2) is 15.4 Å². The first-order valence-corrected chi connectivity index (χ1v) is 15.1. The van der Waals surface area contributed by atoms with Crippen LogP contribution in [0.15, 0.2) is 30.3 Å². The summed E-state index contributed by atoms with van der Waals surface area (Å²) < 4.78 is 15.9. The van der Waals surface area contributed by atoms with Crippen LogP contribution in [0.5, 0.6) is 5.75 Å². The first kappa shape index (κ1) is 26.1. The summed E-state index contributed by atoms with van der Waals surface area (Å²) in [5, 5.41) is 1.08. The van der Waals surface area contributed by atoms with Crippen LogP contribution in [-0.2, 0) is 18.3 Å². The Morgan fingerprint density at radius 1 is 1.12 bits per heavy atom. The van der Waals surface area contributed by atoms with E-state index in [1.54, 1.807) is 14.2 Å². The minimum Gasteiger partial charge on any atom is -0.494 e. The molecule has 2 aliphatic heterocycles. The number of hydrogen-bond acceptors (Lipinski definition) is 8. The second-order valence-electron chi connectivity index (χ2n) is 12.5. The van der Waals surface area contributed by atoms with Gasteiger partial charge < -0.3 is 29.2 Å². The predicted molar refractivity (Wildman–Crippen MR) is 159 cm³/mol. The minimum atomic E-state index is -0.128. The van der Waals surface area contributed by atoms with E-state index in [1.807, 2.05) is 24.1 Å². The maximum atomic E-state index is 13.7. The van der Waals surface area contributed by atoms with Crippen LogP contribution >= 0.6 is 0 Å². The van der Waals surface area contributed by atoms with Crippen LogP contribution in [0, 0.1) is 11.8 Å². The maximum absolute atomic E-state index is 13.7. The van der Waals surface area contributed by atoms with Gasteiger partial charge >= 0.3 is 0 Å². The lowest BCUT2D eigenvalue weighted by molar-refractivity contribution is 0.0700. The molecule has 220 valence electrons. The number of hydrazine groups is 1. The number of carbonyl (C=O) groups is 1. The average Bonchev–Trinajstić information content (AvgIpc) is 3.31. The Labute approximate surface area is 244 Å². The number of ether oxygens (including phenoxy) is 2. The number of methoxy groups -OCH3 is 2. The lowest BCUT2D eigenvalue weighted by atomic mass is 10.0. The van der Waals surface area contributed by atoms with Gasteiger partial charge in [0.1, 0.15) is 23.1 Å². The Hall–Kier alpha value is -3.51. The molecule has 0 radical (unpaired) electrons. The molecule has 1 amide bonds. The van der Waals surface area contributed by atoms with Crippen molar-refractivity contribution in [1.29, 1.82) is 0 Å². The van der Waals surface area contributed by atoms with Crippen molar-refractivity contribution in [1.82, 2.24) is 34.9 Å². The summed E-state index contributed by atoms with van der Waals surface area (Å²) in [5.74, 6) is 2.63. The van der Waals surface area contributed by atoms with Crippen LogP contribution in [0.1, 0.15) is 47.7 Å². The molecule has 5 heterocycles. The monoisotopic (exact) mass is 570 g/mol. The number of pyridine rings is 1. The van der Waals surface area contributed by atoms with Crippen molar-refractivity contribution in [2.45, 2.75) is 56.5 Å². The highest BCUT2D eigenvalue weighted by molar-refractivity contribution is 6.00. The summed E-state index contributed by atoms with van der Waals surface area (Å²) in [7, 11) is 5.39. The van der Waals surface area contributed by atoms with E-state index in [2.05, 4.69) is 38.2 Å². The number of nitrogens with two attached hydrogens (primary N) is 1. The van der Waals surface area contributed by atoms with Gasteiger partial charge in [-0.15, -0.1) is 0 Å². The molecule has 42 heavy (non-hydrogen) atoms. The Balaban J connectivity index is 1.22. The lowest BCUT2D eigenvalue weighted by Crippen LogP contribution is -2.41. The van der Waals surface area contributed by atoms with Gasteiger partial charge in [-0.3, -0.25) is 10.2 Å². The van der Waals surface area contributed by atoms with Crippen LogP contribution in [0.3, 0.4) is 0 Å². The molecule has 3 aromatic heterocycles. The number of aryl methyl sites for hydroxylation is 1. The number of amides is 1. The second kappa shape index (κ2) is 9.77. The molecular formula is C31H38N8O3. The highest BCUT2D eigenvalue weighted by atomic mass is 16.5. The zero-order valence-corrected chi connectivity index (χ0v) is 24.3. The number of rotatable bonds is 7. The van der Waals surface area contributed by atoms with Crippen molar-refractivity contribution in [3.8, 4) is 17.3 Å². The van der Waals surface area contributed by atoms with Gasteiger partial charge in [-0.2, -0.15) is 0 Å². The Kier molecular flexibility index (Phi) is 6.08. The number of benzene rings is 1. The van der Waals surface area contributed by atoms with E-state index in [9.17, 15) is 4.79 Å². The van der Waals surface area contributed by atoms with E-state index in [-0.39, 0.29) is 30.1 Å². The molecule has 0 spiro atoms. The average molecular weight is 571 g/mol. The SMILES string of the molecule is COc1cc(C(=O)N2CC3CCC2[C@@H]3N)cc2nc(-c3cc4ccc(C5CNNC5OC)nc4n3CC3CC3)n(C)c12. The van der Waals surface area contributed by atoms with Crippen molar-refractivity contribution in [3.63, 3.8) is 0 Å². The summed E-state index contributed by atoms with van der Waals surface area (Å²) in [6.45, 7) is 2.38. The van der Waals surface area contributed by atoms with Crippen molar-refractivity contribution < 1.29 is 14.3 Å². The summed E-state index contributed by atoms with van der Waals surface area (Å²) in [4.78, 5) is 26.0. The smallest absolute Gasteiger partial charge is 0.254 e. The molecule has 4 aromatic rings. The zero-order valence-electron chi connectivity index (χ0n) is 24.3. The predicted octanol–water partition coefficient (Wildman–Crippen LogP) is 2.73. The number of carbonyl (C=O) groups excluding carboxylic acids is 1. The molecule has 2 bridgehead atoms. The molecule has 2 saturated heterocycles. The Bertz CT molecular complexity index is 1710. The zero-order chi connectivity index (χ0) is 28.7. The molecule has 5 atom stereocenters. The molecule has 11 nitrogen and oxygen atoms in total. The third kappa shape index (κ3) is 3.98. The first-order valence-electron chi connectivity index (χ1n) is 15.1. The van der Waals surface area contributed by atoms with Crippen LogP contribution in [0.4, 0.5) is 0 Å². The lowest BCUT2D eigenvalue weighted by Gasteiger charge is -2.27. The van der Waals surface area contributed by atoms with E-state index in [4.69, 9.17) is 25.2 Å². The molecule has 2 aliphatic carbocycles. The van der Waals surface area contributed by atoms with E-state index < -0.39 is 0 Å². The fourth-order valence-electron chi connectivity index (χ4n) is 7.50. The number of likely N-dealkylation sites (tertiary alicyclic amines) is 1. The van der Waals surface area contributed by atoms with Gasteiger partial charge in [0.05, 0.1) is 29.9 Å². The molecule has 4 N–H and O–H groups in total. The van der Waals surface area contributed by atoms with E-state index >= 15 is 0 Å². The number of nitrogens with one attached hydrogen (secondary N) is 2. The second-order valence-corrected chi connectivity index (χ2v) is 12.5. The molecule has 4 fully saturated rings. The van der Waals surface area contributed by atoms with Crippen LogP contribution in [0.25, 0.3) is 33.6 Å². The van der Waals surface area contributed by atoms with E-state index in [0.29, 0.717) is 23.1 Å². The van der Waals surface area contributed by atoms with E-state index in [1.165, 1.54) is 12.8 Å². The molecular weight excluding hydrogens is 532 g/mol.